The van der Waals surface area contributed by atoms with E-state index in [0.29, 0.717) is 35.1 Å². The molecule has 3 atom stereocenters. The lowest BCUT2D eigenvalue weighted by Crippen LogP contribution is -2.60. The highest BCUT2D eigenvalue weighted by molar-refractivity contribution is 6.30. The van der Waals surface area contributed by atoms with Gasteiger partial charge in [0.15, 0.2) is 0 Å². The number of nitrogens with zero attached hydrogens (tertiary/aromatic N) is 1. The van der Waals surface area contributed by atoms with E-state index < -0.39 is 17.1 Å². The van der Waals surface area contributed by atoms with Crippen LogP contribution in [-0.4, -0.2) is 41.0 Å². The second kappa shape index (κ2) is 10.0. The normalized spacial score (nSPS) is 21.8. The maximum atomic E-state index is 13.6. The minimum Gasteiger partial charge on any atom is -0.384 e. The smallest absolute Gasteiger partial charge is 0.251 e. The lowest BCUT2D eigenvalue weighted by atomic mass is 9.66. The van der Waals surface area contributed by atoms with Gasteiger partial charge in [0.25, 0.3) is 5.91 Å². The Kier molecular flexibility index (Phi) is 7.77. The van der Waals surface area contributed by atoms with Gasteiger partial charge in [-0.25, -0.2) is 0 Å². The second-order valence-electron chi connectivity index (χ2n) is 9.60. The van der Waals surface area contributed by atoms with Crippen molar-refractivity contribution < 1.29 is 14.7 Å². The van der Waals surface area contributed by atoms with Gasteiger partial charge in [0.2, 0.25) is 5.91 Å². The molecular formula is C26H32Cl2N2O3. The number of halogens is 2. The van der Waals surface area contributed by atoms with E-state index in [1.54, 1.807) is 41.3 Å². The van der Waals surface area contributed by atoms with E-state index in [9.17, 15) is 14.7 Å². The molecule has 0 unspecified atom stereocenters. The van der Waals surface area contributed by atoms with Gasteiger partial charge in [0.05, 0.1) is 5.60 Å². The van der Waals surface area contributed by atoms with Crippen molar-refractivity contribution in [3.63, 3.8) is 0 Å². The third kappa shape index (κ3) is 5.37. The van der Waals surface area contributed by atoms with Crippen LogP contribution in [0.4, 0.5) is 0 Å². The number of nitrogens with one attached hydrogen (secondary N) is 1. The maximum Gasteiger partial charge on any atom is 0.251 e. The summed E-state index contributed by atoms with van der Waals surface area (Å²) in [6, 6.07) is 13.2. The van der Waals surface area contributed by atoms with Gasteiger partial charge < -0.3 is 15.3 Å². The van der Waals surface area contributed by atoms with Crippen LogP contribution in [0.15, 0.2) is 48.5 Å². The molecule has 2 N–H and O–H groups in total. The van der Waals surface area contributed by atoms with E-state index >= 15 is 0 Å². The summed E-state index contributed by atoms with van der Waals surface area (Å²) in [7, 11) is 0. The number of rotatable bonds is 6. The van der Waals surface area contributed by atoms with Crippen LogP contribution >= 0.6 is 23.2 Å². The number of hydrogen-bond donors (Lipinski definition) is 2. The van der Waals surface area contributed by atoms with Gasteiger partial charge in [0, 0.05) is 34.1 Å². The van der Waals surface area contributed by atoms with Crippen LogP contribution in [0.5, 0.6) is 0 Å². The molecule has 2 amide bonds. The molecule has 7 heteroatoms. The van der Waals surface area contributed by atoms with Gasteiger partial charge in [-0.2, -0.15) is 0 Å². The number of carbonyl (C=O) groups excluding carboxylic acids is 2. The molecule has 1 heterocycles. The molecule has 0 bridgehead atoms. The molecule has 3 rings (SSSR count). The molecule has 0 radical (unpaired) electrons. The zero-order chi connectivity index (χ0) is 24.4. The zero-order valence-corrected chi connectivity index (χ0v) is 21.1. The van der Waals surface area contributed by atoms with E-state index in [2.05, 4.69) is 5.32 Å². The topological polar surface area (TPSA) is 69.6 Å². The molecule has 0 saturated carbocycles. The summed E-state index contributed by atoms with van der Waals surface area (Å²) in [6.07, 6.45) is 1.13. The van der Waals surface area contributed by atoms with Crippen LogP contribution < -0.4 is 5.32 Å². The summed E-state index contributed by atoms with van der Waals surface area (Å²) >= 11 is 12.0. The number of aliphatic hydroxyl groups is 1. The Morgan fingerprint density at radius 3 is 2.12 bits per heavy atom. The number of piperidine rings is 1. The third-order valence-corrected chi connectivity index (χ3v) is 7.46. The Morgan fingerprint density at radius 1 is 1.06 bits per heavy atom. The van der Waals surface area contributed by atoms with Gasteiger partial charge in [-0.3, -0.25) is 9.59 Å². The van der Waals surface area contributed by atoms with Gasteiger partial charge in [-0.1, -0.05) is 69.5 Å². The fourth-order valence-corrected chi connectivity index (χ4v) is 4.73. The minimum absolute atomic E-state index is 0.0473. The highest BCUT2D eigenvalue weighted by atomic mass is 35.5. The first-order chi connectivity index (χ1) is 15.5. The molecule has 1 fully saturated rings. The standard InChI is InChI=1S/C26H32Cl2N2O3/c1-5-17(2)22(29-23(31)18-6-10-20(27)11-7-18)24(32)30-15-14-26(33,25(3,4)16-30)19-8-12-21(28)13-9-19/h6-13,17,22,33H,5,14-16H2,1-4H3,(H,29,31)/t17-,22+,26-/m0/s1. The Morgan fingerprint density at radius 2 is 1.61 bits per heavy atom. The molecular weight excluding hydrogens is 459 g/mol. The zero-order valence-electron chi connectivity index (χ0n) is 19.6. The van der Waals surface area contributed by atoms with Crippen molar-refractivity contribution in [2.24, 2.45) is 11.3 Å². The number of likely N-dealkylation sites (tertiary alicyclic amines) is 1. The highest BCUT2D eigenvalue weighted by Gasteiger charge is 2.50. The largest absolute Gasteiger partial charge is 0.384 e. The third-order valence-electron chi connectivity index (χ3n) is 6.95. The fraction of sp³-hybridized carbons (Fsp3) is 0.462. The van der Waals surface area contributed by atoms with Crippen molar-refractivity contribution >= 4 is 35.0 Å². The lowest BCUT2D eigenvalue weighted by Gasteiger charge is -2.51. The van der Waals surface area contributed by atoms with Crippen LogP contribution in [0.2, 0.25) is 10.0 Å². The molecule has 1 aliphatic rings. The summed E-state index contributed by atoms with van der Waals surface area (Å²) in [5, 5.41) is 15.7. The summed E-state index contributed by atoms with van der Waals surface area (Å²) in [6.45, 7) is 8.65. The summed E-state index contributed by atoms with van der Waals surface area (Å²) in [5.41, 5.74) is -0.447. The highest BCUT2D eigenvalue weighted by Crippen LogP contribution is 2.46. The minimum atomic E-state index is -1.09. The van der Waals surface area contributed by atoms with Crippen molar-refractivity contribution in [2.45, 2.75) is 52.2 Å². The second-order valence-corrected chi connectivity index (χ2v) is 10.5. The monoisotopic (exact) mass is 490 g/mol. The molecule has 178 valence electrons. The summed E-state index contributed by atoms with van der Waals surface area (Å²) in [5.74, 6) is -0.480. The first-order valence-corrected chi connectivity index (χ1v) is 12.1. The van der Waals surface area contributed by atoms with Crippen LogP contribution in [0, 0.1) is 11.3 Å². The molecule has 5 nitrogen and oxygen atoms in total. The number of hydrogen-bond acceptors (Lipinski definition) is 3. The van der Waals surface area contributed by atoms with Crippen LogP contribution in [0.25, 0.3) is 0 Å². The van der Waals surface area contributed by atoms with Crippen molar-refractivity contribution in [3.05, 3.63) is 69.7 Å². The molecule has 0 aliphatic carbocycles. The van der Waals surface area contributed by atoms with E-state index in [1.807, 2.05) is 39.8 Å². The predicted octanol–water partition coefficient (Wildman–Crippen LogP) is 5.28. The Hall–Kier alpha value is -2.08. The molecule has 33 heavy (non-hydrogen) atoms. The first-order valence-electron chi connectivity index (χ1n) is 11.3. The van der Waals surface area contributed by atoms with Crippen molar-refractivity contribution in [3.8, 4) is 0 Å². The van der Waals surface area contributed by atoms with Crippen LogP contribution in [-0.2, 0) is 10.4 Å². The molecule has 0 spiro atoms. The van der Waals surface area contributed by atoms with Gasteiger partial charge in [0.1, 0.15) is 6.04 Å². The van der Waals surface area contributed by atoms with Crippen molar-refractivity contribution in [2.75, 3.05) is 13.1 Å². The average molecular weight is 491 g/mol. The summed E-state index contributed by atoms with van der Waals surface area (Å²) < 4.78 is 0. The first kappa shape index (κ1) is 25.5. The number of amides is 2. The van der Waals surface area contributed by atoms with Crippen LogP contribution in [0.1, 0.15) is 56.5 Å². The van der Waals surface area contributed by atoms with Gasteiger partial charge in [-0.05, 0) is 54.3 Å². The predicted molar refractivity (Wildman–Crippen MR) is 132 cm³/mol. The molecule has 0 aromatic heterocycles. The van der Waals surface area contributed by atoms with E-state index in [1.165, 1.54) is 0 Å². The van der Waals surface area contributed by atoms with Crippen LogP contribution in [0.3, 0.4) is 0 Å². The molecule has 2 aromatic rings. The van der Waals surface area contributed by atoms with Crippen molar-refractivity contribution in [1.29, 1.82) is 0 Å². The Balaban J connectivity index is 1.79. The maximum absolute atomic E-state index is 13.6. The lowest BCUT2D eigenvalue weighted by molar-refractivity contribution is -0.155. The van der Waals surface area contributed by atoms with E-state index in [4.69, 9.17) is 23.2 Å². The molecule has 1 saturated heterocycles. The Bertz CT molecular complexity index is 992. The number of benzene rings is 2. The summed E-state index contributed by atoms with van der Waals surface area (Å²) in [4.78, 5) is 28.2. The SMILES string of the molecule is CC[C@H](C)[C@@H](NC(=O)c1ccc(Cl)cc1)C(=O)N1CC[C@](O)(c2ccc(Cl)cc2)C(C)(C)C1. The number of carbonyl (C=O) groups is 2. The molecule has 1 aliphatic heterocycles. The van der Waals surface area contributed by atoms with E-state index in [0.717, 1.165) is 12.0 Å². The quantitative estimate of drug-likeness (QED) is 0.578. The average Bonchev–Trinajstić information content (AvgIpc) is 2.79. The fourth-order valence-electron chi connectivity index (χ4n) is 4.48. The Labute approximate surface area is 206 Å². The molecule has 2 aromatic carbocycles. The van der Waals surface area contributed by atoms with Gasteiger partial charge in [-0.15, -0.1) is 0 Å². The van der Waals surface area contributed by atoms with Crippen molar-refractivity contribution in [1.82, 2.24) is 10.2 Å². The van der Waals surface area contributed by atoms with E-state index in [-0.39, 0.29) is 17.7 Å². The van der Waals surface area contributed by atoms with Gasteiger partial charge >= 0.3 is 0 Å².